The van der Waals surface area contributed by atoms with E-state index in [2.05, 4.69) is 26.8 Å². The average Bonchev–Trinajstić information content (AvgIpc) is 2.65. The van der Waals surface area contributed by atoms with Gasteiger partial charge in [0, 0.05) is 29.7 Å². The van der Waals surface area contributed by atoms with Crippen molar-refractivity contribution in [1.29, 1.82) is 0 Å². The normalized spacial score (nSPS) is 13.7. The number of carbonyl (C=O) groups excluding carboxylic acids is 1. The predicted molar refractivity (Wildman–Crippen MR) is 109 cm³/mol. The van der Waals surface area contributed by atoms with Gasteiger partial charge in [-0.25, -0.2) is 0 Å². The van der Waals surface area contributed by atoms with Crippen molar-refractivity contribution in [3.05, 3.63) is 41.1 Å². The Morgan fingerprint density at radius 2 is 1.96 bits per heavy atom. The van der Waals surface area contributed by atoms with E-state index in [0.29, 0.717) is 0 Å². The Morgan fingerprint density at radius 1 is 1.19 bits per heavy atom. The third-order valence-electron chi connectivity index (χ3n) is 5.32. The summed E-state index contributed by atoms with van der Waals surface area (Å²) in [7, 11) is 1.74. The average molecular weight is 356 g/mol. The lowest BCUT2D eigenvalue weighted by Crippen LogP contribution is -2.16. The smallest absolute Gasteiger partial charge is 0.165 e. The number of methoxy groups -OCH3 is 1. The van der Waals surface area contributed by atoms with Gasteiger partial charge in [-0.2, -0.15) is 0 Å². The second kappa shape index (κ2) is 9.82. The molecule has 26 heavy (non-hydrogen) atoms. The van der Waals surface area contributed by atoms with E-state index in [-0.39, 0.29) is 17.8 Å². The SMILES string of the molecule is CCCCc1nc2ccc(C(=O)C(C)CCC(CC)OC)cc2cc1C. The Balaban J connectivity index is 2.15. The number of ketones is 1. The first-order chi connectivity index (χ1) is 12.5. The molecule has 0 bridgehead atoms. The topological polar surface area (TPSA) is 39.2 Å². The van der Waals surface area contributed by atoms with Gasteiger partial charge in [0.2, 0.25) is 0 Å². The van der Waals surface area contributed by atoms with E-state index in [1.165, 1.54) is 17.7 Å². The standard InChI is InChI=1S/C23H33NO2/c1-6-8-9-21-17(4)14-19-15-18(11-13-22(19)24-21)23(25)16(3)10-12-20(7-2)26-5/h11,13-16,20H,6-10,12H2,1-5H3. The number of Topliss-reactive ketones (excluding diaryl/α,β-unsaturated/α-hetero) is 1. The van der Waals surface area contributed by atoms with E-state index < -0.39 is 0 Å². The number of nitrogens with zero attached hydrogens (tertiary/aromatic N) is 1. The van der Waals surface area contributed by atoms with Crippen molar-refractivity contribution in [1.82, 2.24) is 4.98 Å². The molecule has 1 heterocycles. The van der Waals surface area contributed by atoms with Crippen LogP contribution in [0, 0.1) is 12.8 Å². The third kappa shape index (κ3) is 5.14. The molecule has 1 aromatic carbocycles. The number of benzene rings is 1. The molecule has 142 valence electrons. The summed E-state index contributed by atoms with van der Waals surface area (Å²) >= 11 is 0. The van der Waals surface area contributed by atoms with Gasteiger partial charge in [-0.05, 0) is 68.9 Å². The number of aromatic nitrogens is 1. The molecular weight excluding hydrogens is 322 g/mol. The molecule has 0 aliphatic carbocycles. The zero-order valence-electron chi connectivity index (χ0n) is 17.0. The summed E-state index contributed by atoms with van der Waals surface area (Å²) < 4.78 is 5.43. The van der Waals surface area contributed by atoms with Gasteiger partial charge in [0.1, 0.15) is 0 Å². The largest absolute Gasteiger partial charge is 0.381 e. The van der Waals surface area contributed by atoms with Crippen molar-refractivity contribution in [2.75, 3.05) is 7.11 Å². The van der Waals surface area contributed by atoms with Crippen LogP contribution in [0.1, 0.15) is 74.5 Å². The highest BCUT2D eigenvalue weighted by Gasteiger charge is 2.17. The highest BCUT2D eigenvalue weighted by Crippen LogP contribution is 2.22. The molecule has 0 fully saturated rings. The highest BCUT2D eigenvalue weighted by molar-refractivity contribution is 6.00. The van der Waals surface area contributed by atoms with Crippen LogP contribution in [0.15, 0.2) is 24.3 Å². The Bertz CT molecular complexity index is 734. The van der Waals surface area contributed by atoms with Crippen LogP contribution >= 0.6 is 0 Å². The number of ether oxygens (including phenoxy) is 1. The predicted octanol–water partition coefficient (Wildman–Crippen LogP) is 5.91. The van der Waals surface area contributed by atoms with Crippen molar-refractivity contribution in [2.24, 2.45) is 5.92 Å². The Labute approximate surface area is 158 Å². The lowest BCUT2D eigenvalue weighted by atomic mass is 9.92. The minimum Gasteiger partial charge on any atom is -0.381 e. The van der Waals surface area contributed by atoms with Crippen LogP contribution in [0.4, 0.5) is 0 Å². The minimum absolute atomic E-state index is 0.00883. The number of hydrogen-bond acceptors (Lipinski definition) is 3. The van der Waals surface area contributed by atoms with Crippen LogP contribution in [-0.2, 0) is 11.2 Å². The van der Waals surface area contributed by atoms with Crippen LogP contribution in [0.5, 0.6) is 0 Å². The molecule has 0 aliphatic rings. The summed E-state index contributed by atoms with van der Waals surface area (Å²) in [6.45, 7) is 8.45. The number of hydrogen-bond donors (Lipinski definition) is 0. The molecule has 2 unspecified atom stereocenters. The summed E-state index contributed by atoms with van der Waals surface area (Å²) in [5.74, 6) is 0.222. The van der Waals surface area contributed by atoms with Crippen molar-refractivity contribution < 1.29 is 9.53 Å². The molecule has 3 heteroatoms. The van der Waals surface area contributed by atoms with Crippen LogP contribution in [0.3, 0.4) is 0 Å². The summed E-state index contributed by atoms with van der Waals surface area (Å²) in [5.41, 5.74) is 4.17. The van der Waals surface area contributed by atoms with Gasteiger partial charge < -0.3 is 4.74 Å². The van der Waals surface area contributed by atoms with Crippen LogP contribution in [-0.4, -0.2) is 24.0 Å². The van der Waals surface area contributed by atoms with Crippen LogP contribution in [0.25, 0.3) is 10.9 Å². The first kappa shape index (κ1) is 20.6. The number of carbonyl (C=O) groups is 1. The van der Waals surface area contributed by atoms with Crippen molar-refractivity contribution in [3.63, 3.8) is 0 Å². The van der Waals surface area contributed by atoms with Crippen molar-refractivity contribution in [3.8, 4) is 0 Å². The number of unbranched alkanes of at least 4 members (excludes halogenated alkanes) is 1. The molecule has 0 N–H and O–H groups in total. The monoisotopic (exact) mass is 355 g/mol. The molecular formula is C23H33NO2. The zero-order chi connectivity index (χ0) is 19.1. The van der Waals surface area contributed by atoms with Gasteiger partial charge in [-0.3, -0.25) is 9.78 Å². The third-order valence-corrected chi connectivity index (χ3v) is 5.32. The van der Waals surface area contributed by atoms with E-state index >= 15 is 0 Å². The quantitative estimate of drug-likeness (QED) is 0.497. The fourth-order valence-electron chi connectivity index (χ4n) is 3.41. The molecule has 0 saturated heterocycles. The zero-order valence-corrected chi connectivity index (χ0v) is 17.0. The van der Waals surface area contributed by atoms with E-state index in [1.54, 1.807) is 7.11 Å². The summed E-state index contributed by atoms with van der Waals surface area (Å²) in [5, 5.41) is 1.06. The molecule has 1 aromatic heterocycles. The van der Waals surface area contributed by atoms with Crippen LogP contribution in [0.2, 0.25) is 0 Å². The number of pyridine rings is 1. The molecule has 0 radical (unpaired) electrons. The van der Waals surface area contributed by atoms with Crippen LogP contribution < -0.4 is 0 Å². The summed E-state index contributed by atoms with van der Waals surface area (Å²) in [6, 6.07) is 8.10. The maximum absolute atomic E-state index is 12.8. The van der Waals surface area contributed by atoms with Crippen molar-refractivity contribution >= 4 is 16.7 Å². The van der Waals surface area contributed by atoms with E-state index in [4.69, 9.17) is 9.72 Å². The molecule has 2 rings (SSSR count). The second-order valence-electron chi connectivity index (χ2n) is 7.37. The fourth-order valence-corrected chi connectivity index (χ4v) is 3.41. The number of fused-ring (bicyclic) bond motifs is 1. The highest BCUT2D eigenvalue weighted by atomic mass is 16.5. The number of aryl methyl sites for hydroxylation is 2. The molecule has 0 spiro atoms. The van der Waals surface area contributed by atoms with Gasteiger partial charge in [0.25, 0.3) is 0 Å². The summed E-state index contributed by atoms with van der Waals surface area (Å²) in [6.07, 6.45) is 6.37. The molecule has 0 amide bonds. The second-order valence-corrected chi connectivity index (χ2v) is 7.37. The molecule has 3 nitrogen and oxygen atoms in total. The Kier molecular flexibility index (Phi) is 7.77. The Hall–Kier alpha value is -1.74. The van der Waals surface area contributed by atoms with Gasteiger partial charge >= 0.3 is 0 Å². The minimum atomic E-state index is 0.00883. The fraction of sp³-hybridized carbons (Fsp3) is 0.565. The van der Waals surface area contributed by atoms with E-state index in [0.717, 1.165) is 48.6 Å². The first-order valence-electron chi connectivity index (χ1n) is 9.97. The molecule has 0 saturated carbocycles. The Morgan fingerprint density at radius 3 is 2.62 bits per heavy atom. The van der Waals surface area contributed by atoms with E-state index in [1.807, 2.05) is 25.1 Å². The van der Waals surface area contributed by atoms with Gasteiger partial charge in [0.15, 0.2) is 5.78 Å². The molecule has 0 aliphatic heterocycles. The van der Waals surface area contributed by atoms with Crippen molar-refractivity contribution in [2.45, 2.75) is 72.3 Å². The van der Waals surface area contributed by atoms with E-state index in [9.17, 15) is 4.79 Å². The number of rotatable bonds is 10. The molecule has 2 aromatic rings. The van der Waals surface area contributed by atoms with Gasteiger partial charge in [-0.15, -0.1) is 0 Å². The van der Waals surface area contributed by atoms with Gasteiger partial charge in [-0.1, -0.05) is 27.2 Å². The summed E-state index contributed by atoms with van der Waals surface area (Å²) in [4.78, 5) is 17.6. The maximum Gasteiger partial charge on any atom is 0.165 e. The maximum atomic E-state index is 12.8. The molecule has 2 atom stereocenters. The first-order valence-corrected chi connectivity index (χ1v) is 9.97. The lowest BCUT2D eigenvalue weighted by molar-refractivity contribution is 0.0792. The van der Waals surface area contributed by atoms with Gasteiger partial charge in [0.05, 0.1) is 11.6 Å². The lowest BCUT2D eigenvalue weighted by Gasteiger charge is -2.16.